The van der Waals surface area contributed by atoms with Gasteiger partial charge in [-0.3, -0.25) is 4.98 Å². The van der Waals surface area contributed by atoms with Crippen LogP contribution >= 0.6 is 11.3 Å². The largest absolute Gasteiger partial charge is 0.494 e. The van der Waals surface area contributed by atoms with E-state index in [1.54, 1.807) is 12.3 Å². The molecule has 3 aromatic rings. The minimum absolute atomic E-state index is 0.212. The van der Waals surface area contributed by atoms with Crippen LogP contribution in [0.5, 0.6) is 5.75 Å². The second-order valence-corrected chi connectivity index (χ2v) is 5.12. The van der Waals surface area contributed by atoms with Gasteiger partial charge in [-0.1, -0.05) is 11.3 Å². The molecule has 0 aromatic carbocycles. The minimum Gasteiger partial charge on any atom is -0.494 e. The number of halogens is 3. The predicted molar refractivity (Wildman–Crippen MR) is 72.2 cm³/mol. The minimum atomic E-state index is -4.43. The molecule has 8 heteroatoms. The van der Waals surface area contributed by atoms with Crippen LogP contribution in [0.4, 0.5) is 13.2 Å². The lowest BCUT2D eigenvalue weighted by Crippen LogP contribution is -2.04. The lowest BCUT2D eigenvalue weighted by molar-refractivity contribution is -0.137. The van der Waals surface area contributed by atoms with Crippen molar-refractivity contribution in [2.24, 2.45) is 0 Å². The molecule has 21 heavy (non-hydrogen) atoms. The quantitative estimate of drug-likeness (QED) is 0.722. The summed E-state index contributed by atoms with van der Waals surface area (Å²) in [5, 5.41) is 0.538. The SMILES string of the molecule is COc1cnccc1-c1nc2cc(C(F)(F)F)cnc2s1. The van der Waals surface area contributed by atoms with Crippen LogP contribution in [0.1, 0.15) is 5.56 Å². The Bertz CT molecular complexity index is 801. The molecule has 4 nitrogen and oxygen atoms in total. The molecule has 0 saturated heterocycles. The number of fused-ring (bicyclic) bond motifs is 1. The van der Waals surface area contributed by atoms with Gasteiger partial charge in [-0.25, -0.2) is 9.97 Å². The summed E-state index contributed by atoms with van der Waals surface area (Å²) >= 11 is 1.20. The van der Waals surface area contributed by atoms with Gasteiger partial charge in [0.05, 0.1) is 24.4 Å². The predicted octanol–water partition coefficient (Wildman–Crippen LogP) is 3.78. The maximum atomic E-state index is 12.7. The van der Waals surface area contributed by atoms with Crippen molar-refractivity contribution in [3.05, 3.63) is 36.3 Å². The monoisotopic (exact) mass is 311 g/mol. The number of methoxy groups -OCH3 is 1. The van der Waals surface area contributed by atoms with E-state index < -0.39 is 11.7 Å². The van der Waals surface area contributed by atoms with E-state index in [2.05, 4.69) is 15.0 Å². The van der Waals surface area contributed by atoms with Gasteiger partial charge in [0.2, 0.25) is 0 Å². The molecule has 0 unspecified atom stereocenters. The number of alkyl halides is 3. The summed E-state index contributed by atoms with van der Waals surface area (Å²) < 4.78 is 43.2. The van der Waals surface area contributed by atoms with Crippen LogP contribution in [-0.2, 0) is 6.18 Å². The Kier molecular flexibility index (Phi) is 3.25. The Balaban J connectivity index is 2.13. The van der Waals surface area contributed by atoms with Crippen LogP contribution in [-0.4, -0.2) is 22.1 Å². The molecule has 0 N–H and O–H groups in total. The number of ether oxygens (including phenoxy) is 1. The van der Waals surface area contributed by atoms with Crippen molar-refractivity contribution < 1.29 is 17.9 Å². The molecular weight excluding hydrogens is 303 g/mol. The molecule has 0 fully saturated rings. The summed E-state index contributed by atoms with van der Waals surface area (Å²) in [5.41, 5.74) is 0.0706. The van der Waals surface area contributed by atoms with Crippen LogP contribution in [0.2, 0.25) is 0 Å². The van der Waals surface area contributed by atoms with Crippen molar-refractivity contribution in [2.45, 2.75) is 6.18 Å². The van der Waals surface area contributed by atoms with E-state index in [0.29, 0.717) is 21.2 Å². The van der Waals surface area contributed by atoms with Gasteiger partial charge in [-0.05, 0) is 12.1 Å². The molecule has 0 aliphatic heterocycles. The van der Waals surface area contributed by atoms with E-state index >= 15 is 0 Å². The first kappa shape index (κ1) is 13.7. The molecule has 0 radical (unpaired) electrons. The molecule has 3 rings (SSSR count). The number of hydrogen-bond donors (Lipinski definition) is 0. The van der Waals surface area contributed by atoms with Gasteiger partial charge >= 0.3 is 6.18 Å². The van der Waals surface area contributed by atoms with Crippen molar-refractivity contribution in [2.75, 3.05) is 7.11 Å². The molecule has 0 amide bonds. The van der Waals surface area contributed by atoms with Gasteiger partial charge in [-0.15, -0.1) is 0 Å². The van der Waals surface area contributed by atoms with Crippen molar-refractivity contribution in [3.63, 3.8) is 0 Å². The summed E-state index contributed by atoms with van der Waals surface area (Å²) in [6.45, 7) is 0. The zero-order valence-corrected chi connectivity index (χ0v) is 11.5. The molecule has 0 bridgehead atoms. The molecule has 3 aromatic heterocycles. The molecule has 108 valence electrons. The first-order valence-corrected chi connectivity index (χ1v) is 6.63. The van der Waals surface area contributed by atoms with E-state index in [0.717, 1.165) is 12.3 Å². The third-order valence-corrected chi connectivity index (χ3v) is 3.82. The number of aromatic nitrogens is 3. The molecule has 0 aliphatic rings. The Labute approximate surface area is 121 Å². The maximum Gasteiger partial charge on any atom is 0.417 e. The summed E-state index contributed by atoms with van der Waals surface area (Å²) in [4.78, 5) is 12.4. The molecule has 0 saturated carbocycles. The van der Waals surface area contributed by atoms with Gasteiger partial charge in [-0.2, -0.15) is 13.2 Å². The number of nitrogens with zero attached hydrogens (tertiary/aromatic N) is 3. The van der Waals surface area contributed by atoms with Crippen LogP contribution in [0.15, 0.2) is 30.7 Å². The average Bonchev–Trinajstić information content (AvgIpc) is 2.89. The van der Waals surface area contributed by atoms with Crippen molar-refractivity contribution >= 4 is 21.7 Å². The molecule has 0 atom stereocenters. The van der Waals surface area contributed by atoms with Crippen LogP contribution in [0, 0.1) is 0 Å². The topological polar surface area (TPSA) is 47.9 Å². The fourth-order valence-corrected chi connectivity index (χ4v) is 2.73. The van der Waals surface area contributed by atoms with E-state index in [4.69, 9.17) is 4.74 Å². The number of hydrogen-bond acceptors (Lipinski definition) is 5. The lowest BCUT2D eigenvalue weighted by Gasteiger charge is -2.04. The Morgan fingerprint density at radius 3 is 2.76 bits per heavy atom. The third kappa shape index (κ3) is 2.54. The Morgan fingerprint density at radius 2 is 2.05 bits per heavy atom. The van der Waals surface area contributed by atoms with Gasteiger partial charge in [0.25, 0.3) is 0 Å². The summed E-state index contributed by atoms with van der Waals surface area (Å²) in [6.07, 6.45) is -0.526. The Morgan fingerprint density at radius 1 is 1.24 bits per heavy atom. The second-order valence-electron chi connectivity index (χ2n) is 4.14. The van der Waals surface area contributed by atoms with Gasteiger partial charge < -0.3 is 4.74 Å². The normalized spacial score (nSPS) is 11.8. The zero-order valence-electron chi connectivity index (χ0n) is 10.7. The van der Waals surface area contributed by atoms with Gasteiger partial charge in [0, 0.05) is 12.4 Å². The lowest BCUT2D eigenvalue weighted by atomic mass is 10.2. The van der Waals surface area contributed by atoms with E-state index in [9.17, 15) is 13.2 Å². The first-order chi connectivity index (χ1) is 9.99. The van der Waals surface area contributed by atoms with E-state index in [1.165, 1.54) is 24.6 Å². The van der Waals surface area contributed by atoms with Crippen molar-refractivity contribution in [1.82, 2.24) is 15.0 Å². The molecule has 3 heterocycles. The summed E-state index contributed by atoms with van der Waals surface area (Å²) in [7, 11) is 1.49. The van der Waals surface area contributed by atoms with Crippen molar-refractivity contribution in [1.29, 1.82) is 0 Å². The number of rotatable bonds is 2. The van der Waals surface area contributed by atoms with E-state index in [-0.39, 0.29) is 5.52 Å². The molecular formula is C13H8F3N3OS. The average molecular weight is 311 g/mol. The fraction of sp³-hybridized carbons (Fsp3) is 0.154. The number of pyridine rings is 2. The highest BCUT2D eigenvalue weighted by Gasteiger charge is 2.31. The molecule has 0 aliphatic carbocycles. The highest BCUT2D eigenvalue weighted by molar-refractivity contribution is 7.21. The van der Waals surface area contributed by atoms with E-state index in [1.807, 2.05) is 0 Å². The van der Waals surface area contributed by atoms with Crippen molar-refractivity contribution in [3.8, 4) is 16.3 Å². The molecule has 0 spiro atoms. The van der Waals surface area contributed by atoms with Crippen LogP contribution in [0.25, 0.3) is 20.9 Å². The van der Waals surface area contributed by atoms with Crippen LogP contribution in [0.3, 0.4) is 0 Å². The standard InChI is InChI=1S/C13H8F3N3OS/c1-20-10-6-17-3-2-8(10)11-19-9-4-7(13(14,15)16)5-18-12(9)21-11/h2-6H,1H3. The highest BCUT2D eigenvalue weighted by Crippen LogP contribution is 2.36. The second kappa shape index (κ2) is 4.96. The van der Waals surface area contributed by atoms with Gasteiger partial charge in [0.1, 0.15) is 21.1 Å². The number of thiazole rings is 1. The summed E-state index contributed by atoms with van der Waals surface area (Å²) in [5.74, 6) is 0.507. The van der Waals surface area contributed by atoms with Gasteiger partial charge in [0.15, 0.2) is 0 Å². The summed E-state index contributed by atoms with van der Waals surface area (Å²) in [6, 6.07) is 2.69. The Hall–Kier alpha value is -2.22. The third-order valence-electron chi connectivity index (χ3n) is 2.81. The fourth-order valence-electron chi connectivity index (χ4n) is 1.81. The smallest absolute Gasteiger partial charge is 0.417 e. The zero-order chi connectivity index (χ0) is 15.0. The highest BCUT2D eigenvalue weighted by atomic mass is 32.1. The first-order valence-electron chi connectivity index (χ1n) is 5.81. The van der Waals surface area contributed by atoms with Crippen LogP contribution < -0.4 is 4.74 Å². The maximum absolute atomic E-state index is 12.7.